The molecule has 0 saturated heterocycles. The molecular formula is C24H24N2O3S. The number of aliphatic hydroxyl groups is 1. The highest BCUT2D eigenvalue weighted by molar-refractivity contribution is 7.17. The summed E-state index contributed by atoms with van der Waals surface area (Å²) in [6, 6.07) is 13.9. The number of benzene rings is 2. The normalized spacial score (nSPS) is 12.3. The van der Waals surface area contributed by atoms with Crippen molar-refractivity contribution in [3.63, 3.8) is 0 Å². The van der Waals surface area contributed by atoms with E-state index >= 15 is 0 Å². The first-order chi connectivity index (χ1) is 14.5. The molecule has 4 rings (SSSR count). The number of ether oxygens (including phenoxy) is 1. The second-order valence-corrected chi connectivity index (χ2v) is 8.37. The van der Waals surface area contributed by atoms with Crippen LogP contribution in [-0.2, 0) is 6.54 Å². The lowest BCUT2D eigenvalue weighted by atomic mass is 10.1. The van der Waals surface area contributed by atoms with Gasteiger partial charge in [-0.3, -0.25) is 9.36 Å². The van der Waals surface area contributed by atoms with Gasteiger partial charge in [-0.2, -0.15) is 0 Å². The molecule has 6 heteroatoms. The number of aromatic nitrogens is 2. The second kappa shape index (κ2) is 8.42. The van der Waals surface area contributed by atoms with Crippen molar-refractivity contribution in [1.82, 2.24) is 9.55 Å². The van der Waals surface area contributed by atoms with Crippen LogP contribution >= 0.6 is 11.3 Å². The van der Waals surface area contributed by atoms with Crippen LogP contribution in [0.5, 0.6) is 5.75 Å². The summed E-state index contributed by atoms with van der Waals surface area (Å²) in [5.74, 6) is 0.791. The van der Waals surface area contributed by atoms with Crippen LogP contribution in [0, 0.1) is 20.8 Å². The Labute approximate surface area is 179 Å². The van der Waals surface area contributed by atoms with E-state index in [0.717, 1.165) is 33.6 Å². The Morgan fingerprint density at radius 1 is 1.10 bits per heavy atom. The fourth-order valence-corrected chi connectivity index (χ4v) is 4.44. The van der Waals surface area contributed by atoms with E-state index < -0.39 is 6.10 Å². The summed E-state index contributed by atoms with van der Waals surface area (Å²) >= 11 is 1.45. The van der Waals surface area contributed by atoms with Crippen LogP contribution < -0.4 is 10.3 Å². The van der Waals surface area contributed by atoms with E-state index in [4.69, 9.17) is 4.74 Å². The number of hydrogen-bond donors (Lipinski definition) is 1. The monoisotopic (exact) mass is 420 g/mol. The van der Waals surface area contributed by atoms with E-state index in [0.29, 0.717) is 10.2 Å². The molecule has 4 aromatic rings. The molecule has 0 bridgehead atoms. The molecule has 1 N–H and O–H groups in total. The Bertz CT molecular complexity index is 1240. The van der Waals surface area contributed by atoms with Crippen molar-refractivity contribution in [3.8, 4) is 16.9 Å². The minimum atomic E-state index is -0.833. The van der Waals surface area contributed by atoms with Crippen LogP contribution in [-0.4, -0.2) is 27.4 Å². The summed E-state index contributed by atoms with van der Waals surface area (Å²) in [6.07, 6.45) is 0.669. The first kappa shape index (κ1) is 20.3. The SMILES string of the molecule is Cc1ccc(C)c(OC[C@H](O)Cn2cnc3scc(-c4ccccc4)c3c2=O)c1C. The molecule has 1 atom stereocenters. The highest BCUT2D eigenvalue weighted by Gasteiger charge is 2.16. The largest absolute Gasteiger partial charge is 0.490 e. The van der Waals surface area contributed by atoms with E-state index in [2.05, 4.69) is 11.1 Å². The Kier molecular flexibility index (Phi) is 5.70. The average Bonchev–Trinajstić information content (AvgIpc) is 3.18. The molecule has 0 aliphatic carbocycles. The number of hydrogen-bond acceptors (Lipinski definition) is 5. The highest BCUT2D eigenvalue weighted by atomic mass is 32.1. The number of fused-ring (bicyclic) bond motifs is 1. The van der Waals surface area contributed by atoms with Gasteiger partial charge in [0.2, 0.25) is 0 Å². The van der Waals surface area contributed by atoms with Gasteiger partial charge in [0.25, 0.3) is 5.56 Å². The van der Waals surface area contributed by atoms with Crippen molar-refractivity contribution >= 4 is 21.6 Å². The molecule has 2 aromatic carbocycles. The summed E-state index contributed by atoms with van der Waals surface area (Å²) < 4.78 is 7.37. The molecule has 154 valence electrons. The third-order valence-electron chi connectivity index (χ3n) is 5.35. The first-order valence-corrected chi connectivity index (χ1v) is 10.7. The molecule has 5 nitrogen and oxygen atoms in total. The van der Waals surface area contributed by atoms with Crippen molar-refractivity contribution in [2.45, 2.75) is 33.4 Å². The number of aliphatic hydroxyl groups excluding tert-OH is 1. The van der Waals surface area contributed by atoms with Crippen LogP contribution in [0.2, 0.25) is 0 Å². The topological polar surface area (TPSA) is 64.3 Å². The zero-order chi connectivity index (χ0) is 21.3. The van der Waals surface area contributed by atoms with Crippen LogP contribution in [0.25, 0.3) is 21.3 Å². The van der Waals surface area contributed by atoms with Crippen molar-refractivity contribution in [1.29, 1.82) is 0 Å². The third-order valence-corrected chi connectivity index (χ3v) is 6.23. The van der Waals surface area contributed by atoms with Crippen LogP contribution in [0.1, 0.15) is 16.7 Å². The summed E-state index contributed by atoms with van der Waals surface area (Å²) in [4.78, 5) is 18.3. The van der Waals surface area contributed by atoms with E-state index in [1.807, 2.05) is 62.5 Å². The summed E-state index contributed by atoms with van der Waals surface area (Å²) in [7, 11) is 0. The molecule has 0 aliphatic heterocycles. The predicted octanol–water partition coefficient (Wildman–Crippen LogP) is 4.49. The zero-order valence-electron chi connectivity index (χ0n) is 17.3. The van der Waals surface area contributed by atoms with Crippen molar-refractivity contribution in [2.24, 2.45) is 0 Å². The minimum absolute atomic E-state index is 0.102. The number of rotatable bonds is 6. The second-order valence-electron chi connectivity index (χ2n) is 7.52. The maximum atomic E-state index is 13.1. The lowest BCUT2D eigenvalue weighted by Crippen LogP contribution is -2.30. The summed E-state index contributed by atoms with van der Waals surface area (Å²) in [6.45, 7) is 6.25. The average molecular weight is 421 g/mol. The lowest BCUT2D eigenvalue weighted by molar-refractivity contribution is 0.0908. The van der Waals surface area contributed by atoms with Gasteiger partial charge >= 0.3 is 0 Å². The van der Waals surface area contributed by atoms with E-state index in [9.17, 15) is 9.90 Å². The smallest absolute Gasteiger partial charge is 0.262 e. The van der Waals surface area contributed by atoms with Gasteiger partial charge < -0.3 is 9.84 Å². The summed E-state index contributed by atoms with van der Waals surface area (Å²) in [5.41, 5.74) is 4.93. The molecule has 30 heavy (non-hydrogen) atoms. The minimum Gasteiger partial charge on any atom is -0.490 e. The maximum absolute atomic E-state index is 13.1. The van der Waals surface area contributed by atoms with Gasteiger partial charge in [0.15, 0.2) is 0 Å². The Morgan fingerprint density at radius 2 is 1.83 bits per heavy atom. The Hall–Kier alpha value is -2.96. The maximum Gasteiger partial charge on any atom is 0.262 e. The number of nitrogens with zero attached hydrogens (tertiary/aromatic N) is 2. The quantitative estimate of drug-likeness (QED) is 0.499. The van der Waals surface area contributed by atoms with Gasteiger partial charge in [0, 0.05) is 10.9 Å². The molecule has 0 radical (unpaired) electrons. The van der Waals surface area contributed by atoms with Gasteiger partial charge in [-0.25, -0.2) is 4.98 Å². The van der Waals surface area contributed by atoms with Crippen LogP contribution in [0.4, 0.5) is 0 Å². The molecule has 0 fully saturated rings. The molecule has 0 amide bonds. The first-order valence-electron chi connectivity index (χ1n) is 9.85. The fourth-order valence-electron chi connectivity index (χ4n) is 3.53. The van der Waals surface area contributed by atoms with E-state index in [1.165, 1.54) is 22.2 Å². The molecule has 0 aliphatic rings. The van der Waals surface area contributed by atoms with Crippen molar-refractivity contribution < 1.29 is 9.84 Å². The van der Waals surface area contributed by atoms with Gasteiger partial charge in [-0.1, -0.05) is 42.5 Å². The van der Waals surface area contributed by atoms with E-state index in [-0.39, 0.29) is 18.7 Å². The molecular weight excluding hydrogens is 396 g/mol. The lowest BCUT2D eigenvalue weighted by Gasteiger charge is -2.17. The standard InChI is InChI=1S/C24H24N2O3S/c1-15-9-10-16(2)22(17(15)3)29-12-19(27)11-26-14-25-23-21(24(26)28)20(13-30-23)18-7-5-4-6-8-18/h4-10,13-14,19,27H,11-12H2,1-3H3/t19-/m1/s1. The van der Waals surface area contributed by atoms with Gasteiger partial charge in [-0.05, 0) is 43.0 Å². The predicted molar refractivity (Wildman–Crippen MR) is 121 cm³/mol. The Morgan fingerprint density at radius 3 is 2.60 bits per heavy atom. The fraction of sp³-hybridized carbons (Fsp3) is 0.250. The molecule has 2 aromatic heterocycles. The molecule has 0 spiro atoms. The van der Waals surface area contributed by atoms with Crippen LogP contribution in [0.3, 0.4) is 0 Å². The summed E-state index contributed by atoms with van der Waals surface area (Å²) in [5, 5.41) is 13.1. The molecule has 2 heterocycles. The number of aryl methyl sites for hydroxylation is 2. The third kappa shape index (κ3) is 3.88. The zero-order valence-corrected chi connectivity index (χ0v) is 18.1. The number of thiophene rings is 1. The van der Waals surface area contributed by atoms with Crippen molar-refractivity contribution in [3.05, 3.63) is 81.2 Å². The molecule has 0 unspecified atom stereocenters. The molecule has 0 saturated carbocycles. The van der Waals surface area contributed by atoms with Gasteiger partial charge in [0.05, 0.1) is 18.3 Å². The van der Waals surface area contributed by atoms with Crippen LogP contribution in [0.15, 0.2) is 59.0 Å². The van der Waals surface area contributed by atoms with Gasteiger partial charge in [-0.15, -0.1) is 11.3 Å². The van der Waals surface area contributed by atoms with Crippen molar-refractivity contribution in [2.75, 3.05) is 6.61 Å². The van der Waals surface area contributed by atoms with Gasteiger partial charge in [0.1, 0.15) is 23.3 Å². The Balaban J connectivity index is 1.56. The van der Waals surface area contributed by atoms with E-state index in [1.54, 1.807) is 0 Å². The highest BCUT2D eigenvalue weighted by Crippen LogP contribution is 2.30.